The normalized spacial score (nSPS) is 19.8. The first-order chi connectivity index (χ1) is 7.69. The van der Waals surface area contributed by atoms with Gasteiger partial charge < -0.3 is 10.2 Å². The number of nitrogens with one attached hydrogen (secondary N) is 1. The Morgan fingerprint density at radius 1 is 1.50 bits per heavy atom. The van der Waals surface area contributed by atoms with Crippen molar-refractivity contribution in [3.8, 4) is 0 Å². The van der Waals surface area contributed by atoms with Crippen LogP contribution in [0.25, 0.3) is 0 Å². The van der Waals surface area contributed by atoms with Gasteiger partial charge in [0.25, 0.3) is 0 Å². The second-order valence-corrected chi connectivity index (χ2v) is 5.72. The van der Waals surface area contributed by atoms with Crippen LogP contribution in [0.15, 0.2) is 0 Å². The molecule has 0 saturated carbocycles. The van der Waals surface area contributed by atoms with Crippen molar-refractivity contribution in [1.29, 1.82) is 0 Å². The summed E-state index contributed by atoms with van der Waals surface area (Å²) >= 11 is 1.64. The van der Waals surface area contributed by atoms with Crippen molar-refractivity contribution in [2.24, 2.45) is 5.92 Å². The molecule has 1 heterocycles. The first-order valence-corrected chi connectivity index (χ1v) is 7.44. The second-order valence-electron chi connectivity index (χ2n) is 4.54. The van der Waals surface area contributed by atoms with Crippen LogP contribution in [0.4, 0.5) is 0 Å². The molecule has 1 saturated heterocycles. The number of thioether (sulfide) groups is 1. The van der Waals surface area contributed by atoms with Gasteiger partial charge in [-0.15, -0.1) is 0 Å². The summed E-state index contributed by atoms with van der Waals surface area (Å²) in [6.45, 7) is 5.01. The monoisotopic (exact) mass is 244 g/mol. The third-order valence-corrected chi connectivity index (χ3v) is 4.34. The number of likely N-dealkylation sites (tertiary alicyclic amines) is 1. The van der Waals surface area contributed by atoms with Crippen LogP contribution in [-0.4, -0.2) is 49.0 Å². The van der Waals surface area contributed by atoms with Crippen molar-refractivity contribution >= 4 is 17.7 Å². The summed E-state index contributed by atoms with van der Waals surface area (Å²) in [4.78, 5) is 14.0. The van der Waals surface area contributed by atoms with Crippen LogP contribution in [0, 0.1) is 5.92 Å². The summed E-state index contributed by atoms with van der Waals surface area (Å²) in [7, 11) is 2.00. The van der Waals surface area contributed by atoms with Crippen LogP contribution in [-0.2, 0) is 4.79 Å². The maximum absolute atomic E-state index is 11.9. The Morgan fingerprint density at radius 2 is 2.12 bits per heavy atom. The number of hydrogen-bond acceptors (Lipinski definition) is 3. The zero-order valence-electron chi connectivity index (χ0n) is 10.7. The molecule has 1 atom stereocenters. The highest BCUT2D eigenvalue weighted by Crippen LogP contribution is 2.21. The lowest BCUT2D eigenvalue weighted by Crippen LogP contribution is -2.42. The van der Waals surface area contributed by atoms with Crippen LogP contribution in [0.1, 0.15) is 26.2 Å². The predicted octanol–water partition coefficient (Wildman–Crippen LogP) is 1.59. The van der Waals surface area contributed by atoms with E-state index >= 15 is 0 Å². The Balaban J connectivity index is 2.28. The summed E-state index contributed by atoms with van der Waals surface area (Å²) in [6, 6.07) is 0. The van der Waals surface area contributed by atoms with E-state index in [4.69, 9.17) is 0 Å². The maximum Gasteiger partial charge on any atom is 0.235 e. The third kappa shape index (κ3) is 3.98. The van der Waals surface area contributed by atoms with Crippen LogP contribution in [0.5, 0.6) is 0 Å². The van der Waals surface area contributed by atoms with Crippen LogP contribution < -0.4 is 5.32 Å². The molecule has 0 aromatic carbocycles. The lowest BCUT2D eigenvalue weighted by Gasteiger charge is -2.33. The van der Waals surface area contributed by atoms with Gasteiger partial charge in [-0.2, -0.15) is 11.8 Å². The Hall–Kier alpha value is -0.220. The summed E-state index contributed by atoms with van der Waals surface area (Å²) in [5, 5.41) is 3.31. The fourth-order valence-corrected chi connectivity index (χ4v) is 2.50. The molecule has 0 spiro atoms. The fraction of sp³-hybridized carbons (Fsp3) is 0.917. The first kappa shape index (κ1) is 13.8. The lowest BCUT2D eigenvalue weighted by molar-refractivity contribution is -0.131. The Kier molecular flexibility index (Phi) is 6.21. The molecule has 0 aromatic heterocycles. The molecule has 0 aliphatic carbocycles. The molecule has 0 bridgehead atoms. The molecule has 94 valence electrons. The van der Waals surface area contributed by atoms with E-state index in [-0.39, 0.29) is 5.25 Å². The molecule has 0 radical (unpaired) electrons. The van der Waals surface area contributed by atoms with Crippen LogP contribution >= 0.6 is 11.8 Å². The molecular formula is C12H24N2OS. The highest BCUT2D eigenvalue weighted by Gasteiger charge is 2.25. The third-order valence-electron chi connectivity index (χ3n) is 3.43. The van der Waals surface area contributed by atoms with E-state index in [1.165, 1.54) is 19.3 Å². The van der Waals surface area contributed by atoms with Crippen LogP contribution in [0.2, 0.25) is 0 Å². The predicted molar refractivity (Wildman–Crippen MR) is 70.8 cm³/mol. The molecule has 1 amide bonds. The maximum atomic E-state index is 11.9. The van der Waals surface area contributed by atoms with Crippen molar-refractivity contribution in [3.05, 3.63) is 0 Å². The molecule has 16 heavy (non-hydrogen) atoms. The fourth-order valence-electron chi connectivity index (χ4n) is 2.15. The Bertz CT molecular complexity index is 215. The highest BCUT2D eigenvalue weighted by molar-refractivity contribution is 7.99. The molecule has 1 aliphatic heterocycles. The zero-order chi connectivity index (χ0) is 12.0. The van der Waals surface area contributed by atoms with E-state index in [2.05, 4.69) is 5.32 Å². The van der Waals surface area contributed by atoms with Crippen LogP contribution in [0.3, 0.4) is 0 Å². The highest BCUT2D eigenvalue weighted by atomic mass is 32.2. The number of piperidine rings is 1. The van der Waals surface area contributed by atoms with Gasteiger partial charge in [-0.1, -0.05) is 0 Å². The number of hydrogen-bond donors (Lipinski definition) is 1. The minimum atomic E-state index is 0.119. The van der Waals surface area contributed by atoms with Gasteiger partial charge in [-0.05, 0) is 52.0 Å². The molecule has 1 rings (SSSR count). The average Bonchev–Trinajstić information content (AvgIpc) is 2.35. The molecule has 4 heteroatoms. The number of carbonyl (C=O) groups excluding carboxylic acids is 1. The summed E-state index contributed by atoms with van der Waals surface area (Å²) in [5.41, 5.74) is 0. The number of nitrogens with zero attached hydrogens (tertiary/aromatic N) is 1. The largest absolute Gasteiger partial charge is 0.342 e. The lowest BCUT2D eigenvalue weighted by atomic mass is 9.93. The number of rotatable bonds is 5. The summed E-state index contributed by atoms with van der Waals surface area (Å²) in [5.74, 6) is 1.13. The first-order valence-electron chi connectivity index (χ1n) is 6.15. The van der Waals surface area contributed by atoms with Crippen molar-refractivity contribution in [2.45, 2.75) is 31.4 Å². The smallest absolute Gasteiger partial charge is 0.235 e. The Morgan fingerprint density at radius 3 is 2.62 bits per heavy atom. The molecule has 3 nitrogen and oxygen atoms in total. The molecular weight excluding hydrogens is 220 g/mol. The second kappa shape index (κ2) is 7.17. The number of carbonyl (C=O) groups is 1. The van der Waals surface area contributed by atoms with Crippen molar-refractivity contribution in [2.75, 3.05) is 32.9 Å². The van der Waals surface area contributed by atoms with E-state index in [0.29, 0.717) is 5.91 Å². The molecule has 1 fully saturated rings. The van der Waals surface area contributed by atoms with E-state index in [9.17, 15) is 4.79 Å². The van der Waals surface area contributed by atoms with E-state index in [0.717, 1.165) is 25.6 Å². The summed E-state index contributed by atoms with van der Waals surface area (Å²) in [6.07, 6.45) is 5.60. The van der Waals surface area contributed by atoms with Gasteiger partial charge in [0.2, 0.25) is 5.91 Å². The molecule has 1 aliphatic rings. The van der Waals surface area contributed by atoms with Gasteiger partial charge in [0.05, 0.1) is 5.25 Å². The molecule has 1 N–H and O–H groups in total. The summed E-state index contributed by atoms with van der Waals surface area (Å²) < 4.78 is 0. The van der Waals surface area contributed by atoms with Gasteiger partial charge in [0.15, 0.2) is 0 Å². The standard InChI is InChI=1S/C12H24N2OS/c1-10(16-3)12(15)14-8-5-11(6-9-14)4-7-13-2/h10-11,13H,4-9H2,1-3H3. The van der Waals surface area contributed by atoms with Gasteiger partial charge in [0.1, 0.15) is 0 Å². The van der Waals surface area contributed by atoms with E-state index in [1.54, 1.807) is 11.8 Å². The minimum Gasteiger partial charge on any atom is -0.342 e. The topological polar surface area (TPSA) is 32.3 Å². The zero-order valence-corrected chi connectivity index (χ0v) is 11.5. The van der Waals surface area contributed by atoms with E-state index < -0.39 is 0 Å². The molecule has 0 aromatic rings. The average molecular weight is 244 g/mol. The molecule has 1 unspecified atom stereocenters. The van der Waals surface area contributed by atoms with Gasteiger partial charge >= 0.3 is 0 Å². The van der Waals surface area contributed by atoms with Crippen molar-refractivity contribution < 1.29 is 4.79 Å². The van der Waals surface area contributed by atoms with E-state index in [1.807, 2.05) is 25.1 Å². The quantitative estimate of drug-likeness (QED) is 0.797. The van der Waals surface area contributed by atoms with Crippen molar-refractivity contribution in [1.82, 2.24) is 10.2 Å². The number of amides is 1. The minimum absolute atomic E-state index is 0.119. The van der Waals surface area contributed by atoms with Gasteiger partial charge in [-0.25, -0.2) is 0 Å². The van der Waals surface area contributed by atoms with Crippen molar-refractivity contribution in [3.63, 3.8) is 0 Å². The van der Waals surface area contributed by atoms with Gasteiger partial charge in [-0.3, -0.25) is 4.79 Å². The Labute approximate surface area is 103 Å². The van der Waals surface area contributed by atoms with Gasteiger partial charge in [0, 0.05) is 13.1 Å². The SMILES string of the molecule is CNCCC1CCN(C(=O)C(C)SC)CC1.